The third-order valence-electron chi connectivity index (χ3n) is 2.65. The predicted octanol–water partition coefficient (Wildman–Crippen LogP) is 3.21. The summed E-state index contributed by atoms with van der Waals surface area (Å²) in [5.74, 6) is -2.83. The highest BCUT2D eigenvalue weighted by Gasteiger charge is 2.19. The molecule has 0 atom stereocenters. The molecule has 3 nitrogen and oxygen atoms in total. The molecular weight excluding hydrogens is 291 g/mol. The fourth-order valence-corrected chi connectivity index (χ4v) is 2.62. The van der Waals surface area contributed by atoms with Gasteiger partial charge >= 0.3 is 0 Å². The van der Waals surface area contributed by atoms with Gasteiger partial charge in [0.1, 0.15) is 23.1 Å². The number of halogens is 3. The van der Waals surface area contributed by atoms with E-state index < -0.39 is 38.1 Å². The van der Waals surface area contributed by atoms with E-state index in [1.807, 2.05) is 0 Å². The van der Waals surface area contributed by atoms with E-state index in [-0.39, 0.29) is 5.56 Å². The molecule has 0 amide bonds. The van der Waals surface area contributed by atoms with E-state index in [0.717, 1.165) is 30.3 Å². The van der Waals surface area contributed by atoms with Crippen molar-refractivity contribution in [1.29, 1.82) is 0 Å². The van der Waals surface area contributed by atoms with Crippen LogP contribution in [0.4, 0.5) is 18.9 Å². The van der Waals surface area contributed by atoms with Gasteiger partial charge in [0.2, 0.25) is 0 Å². The van der Waals surface area contributed by atoms with Gasteiger partial charge in [-0.15, -0.1) is 0 Å². The molecule has 2 aromatic carbocycles. The van der Waals surface area contributed by atoms with Crippen LogP contribution in [0.3, 0.4) is 0 Å². The second kappa shape index (κ2) is 5.16. The summed E-state index contributed by atoms with van der Waals surface area (Å²) in [7, 11) is -4.27. The highest BCUT2D eigenvalue weighted by molar-refractivity contribution is 7.92. The Morgan fingerprint density at radius 1 is 0.950 bits per heavy atom. The first-order valence-electron chi connectivity index (χ1n) is 5.54. The second-order valence-corrected chi connectivity index (χ2v) is 5.80. The number of para-hydroxylation sites is 1. The summed E-state index contributed by atoms with van der Waals surface area (Å²) >= 11 is 0. The van der Waals surface area contributed by atoms with Crippen LogP contribution in [0.15, 0.2) is 41.3 Å². The van der Waals surface area contributed by atoms with Crippen LogP contribution in [-0.4, -0.2) is 8.42 Å². The molecule has 0 saturated heterocycles. The lowest BCUT2D eigenvalue weighted by Crippen LogP contribution is -2.15. The van der Waals surface area contributed by atoms with Crippen molar-refractivity contribution in [3.63, 3.8) is 0 Å². The molecule has 0 spiro atoms. The molecule has 0 saturated carbocycles. The molecule has 0 aliphatic rings. The zero-order chi connectivity index (χ0) is 14.9. The van der Waals surface area contributed by atoms with Crippen LogP contribution >= 0.6 is 0 Å². The first-order valence-corrected chi connectivity index (χ1v) is 7.02. The van der Waals surface area contributed by atoms with Gasteiger partial charge in [-0.05, 0) is 36.8 Å². The molecule has 2 rings (SSSR count). The average Bonchev–Trinajstić information content (AvgIpc) is 2.37. The van der Waals surface area contributed by atoms with Crippen LogP contribution < -0.4 is 4.72 Å². The predicted molar refractivity (Wildman–Crippen MR) is 68.3 cm³/mol. The Kier molecular flexibility index (Phi) is 3.71. The molecule has 2 aromatic rings. The van der Waals surface area contributed by atoms with Crippen molar-refractivity contribution in [2.24, 2.45) is 0 Å². The number of hydrogen-bond acceptors (Lipinski definition) is 2. The lowest BCUT2D eigenvalue weighted by atomic mass is 10.2. The molecule has 0 radical (unpaired) electrons. The van der Waals surface area contributed by atoms with Crippen molar-refractivity contribution in [1.82, 2.24) is 0 Å². The van der Waals surface area contributed by atoms with Crippen LogP contribution in [0.1, 0.15) is 5.56 Å². The van der Waals surface area contributed by atoms with E-state index in [1.165, 1.54) is 13.0 Å². The standard InChI is InChI=1S/C13H10F3NO2S/c1-8-5-6-9(7-12(8)16)20(18,19)17-13-10(14)3-2-4-11(13)15/h2-7,17H,1H3. The van der Waals surface area contributed by atoms with E-state index in [4.69, 9.17) is 0 Å². The van der Waals surface area contributed by atoms with Gasteiger partial charge in [0.05, 0.1) is 4.90 Å². The molecule has 0 aliphatic carbocycles. The van der Waals surface area contributed by atoms with Crippen molar-refractivity contribution in [3.8, 4) is 0 Å². The summed E-state index contributed by atoms with van der Waals surface area (Å²) in [4.78, 5) is -0.414. The number of sulfonamides is 1. The van der Waals surface area contributed by atoms with E-state index >= 15 is 0 Å². The van der Waals surface area contributed by atoms with E-state index in [0.29, 0.717) is 0 Å². The quantitative estimate of drug-likeness (QED) is 0.946. The number of rotatable bonds is 3. The molecular formula is C13H10F3NO2S. The first kappa shape index (κ1) is 14.4. The zero-order valence-corrected chi connectivity index (χ0v) is 11.1. The highest BCUT2D eigenvalue weighted by Crippen LogP contribution is 2.23. The number of hydrogen-bond donors (Lipinski definition) is 1. The maximum atomic E-state index is 13.4. The van der Waals surface area contributed by atoms with Crippen LogP contribution in [0.25, 0.3) is 0 Å². The molecule has 0 aliphatic heterocycles. The minimum atomic E-state index is -4.27. The van der Waals surface area contributed by atoms with Gasteiger partial charge in [-0.3, -0.25) is 4.72 Å². The molecule has 0 fully saturated rings. The topological polar surface area (TPSA) is 46.2 Å². The molecule has 0 heterocycles. The van der Waals surface area contributed by atoms with Crippen molar-refractivity contribution in [3.05, 3.63) is 59.4 Å². The Morgan fingerprint density at radius 2 is 1.55 bits per heavy atom. The Morgan fingerprint density at radius 3 is 2.10 bits per heavy atom. The molecule has 1 N–H and O–H groups in total. The Balaban J connectivity index is 2.43. The first-order chi connectivity index (χ1) is 9.31. The summed E-state index contributed by atoms with van der Waals surface area (Å²) in [6.45, 7) is 1.47. The van der Waals surface area contributed by atoms with E-state index in [1.54, 1.807) is 4.72 Å². The molecule has 20 heavy (non-hydrogen) atoms. The molecule has 0 bridgehead atoms. The maximum absolute atomic E-state index is 13.4. The lowest BCUT2D eigenvalue weighted by Gasteiger charge is -2.10. The molecule has 0 aromatic heterocycles. The van der Waals surface area contributed by atoms with E-state index in [2.05, 4.69) is 0 Å². The molecule has 106 valence electrons. The average molecular weight is 301 g/mol. The van der Waals surface area contributed by atoms with Gasteiger partial charge in [-0.25, -0.2) is 21.6 Å². The number of benzene rings is 2. The van der Waals surface area contributed by atoms with Crippen molar-refractivity contribution < 1.29 is 21.6 Å². The van der Waals surface area contributed by atoms with Crippen molar-refractivity contribution in [2.75, 3.05) is 4.72 Å². The van der Waals surface area contributed by atoms with Crippen molar-refractivity contribution >= 4 is 15.7 Å². The summed E-state index contributed by atoms with van der Waals surface area (Å²) in [5, 5.41) is 0. The smallest absolute Gasteiger partial charge is 0.262 e. The number of anilines is 1. The van der Waals surface area contributed by atoms with Gasteiger partial charge in [0.25, 0.3) is 10.0 Å². The number of aryl methyl sites for hydroxylation is 1. The molecule has 7 heteroatoms. The summed E-state index contributed by atoms with van der Waals surface area (Å²) < 4.78 is 65.9. The summed E-state index contributed by atoms with van der Waals surface area (Å²) in [6.07, 6.45) is 0. The largest absolute Gasteiger partial charge is 0.274 e. The van der Waals surface area contributed by atoms with Gasteiger partial charge < -0.3 is 0 Å². The maximum Gasteiger partial charge on any atom is 0.262 e. The van der Waals surface area contributed by atoms with Crippen LogP contribution in [0.2, 0.25) is 0 Å². The third kappa shape index (κ3) is 2.77. The Hall–Kier alpha value is -2.02. The van der Waals surface area contributed by atoms with Gasteiger partial charge in [-0.1, -0.05) is 12.1 Å². The third-order valence-corrected chi connectivity index (χ3v) is 4.00. The van der Waals surface area contributed by atoms with Crippen LogP contribution in [0, 0.1) is 24.4 Å². The van der Waals surface area contributed by atoms with Gasteiger partial charge in [0.15, 0.2) is 0 Å². The fraction of sp³-hybridized carbons (Fsp3) is 0.0769. The fourth-order valence-electron chi connectivity index (χ4n) is 1.53. The lowest BCUT2D eigenvalue weighted by molar-refractivity contribution is 0.581. The van der Waals surface area contributed by atoms with Gasteiger partial charge in [0, 0.05) is 0 Å². The summed E-state index contributed by atoms with van der Waals surface area (Å²) in [5.41, 5.74) is -0.533. The minimum absolute atomic E-state index is 0.265. The Labute approximate surface area is 114 Å². The highest BCUT2D eigenvalue weighted by atomic mass is 32.2. The normalized spacial score (nSPS) is 11.4. The van der Waals surface area contributed by atoms with Crippen LogP contribution in [0.5, 0.6) is 0 Å². The monoisotopic (exact) mass is 301 g/mol. The summed E-state index contributed by atoms with van der Waals surface area (Å²) in [6, 6.07) is 6.14. The Bertz CT molecular complexity index is 740. The zero-order valence-electron chi connectivity index (χ0n) is 10.3. The van der Waals surface area contributed by atoms with Crippen LogP contribution in [-0.2, 0) is 10.0 Å². The SMILES string of the molecule is Cc1ccc(S(=O)(=O)Nc2c(F)cccc2F)cc1F. The second-order valence-electron chi connectivity index (χ2n) is 4.11. The number of nitrogens with one attached hydrogen (secondary N) is 1. The molecule has 0 unspecified atom stereocenters. The van der Waals surface area contributed by atoms with E-state index in [9.17, 15) is 21.6 Å². The van der Waals surface area contributed by atoms with Crippen molar-refractivity contribution in [2.45, 2.75) is 11.8 Å². The minimum Gasteiger partial charge on any atom is -0.274 e. The van der Waals surface area contributed by atoms with Gasteiger partial charge in [-0.2, -0.15) is 0 Å².